The molecule has 0 saturated carbocycles. The molecule has 3 aromatic heterocycles. The highest BCUT2D eigenvalue weighted by Gasteiger charge is 2.23. The van der Waals surface area contributed by atoms with Gasteiger partial charge in [0.25, 0.3) is 0 Å². The molecule has 0 aliphatic rings. The predicted molar refractivity (Wildman–Crippen MR) is 122 cm³/mol. The zero-order valence-electron chi connectivity index (χ0n) is 18.3. The number of aromatic nitrogens is 4. The summed E-state index contributed by atoms with van der Waals surface area (Å²) in [6, 6.07) is 11.5. The van der Waals surface area contributed by atoms with E-state index in [4.69, 9.17) is 9.72 Å². The summed E-state index contributed by atoms with van der Waals surface area (Å²) in [6.45, 7) is 5.62. The van der Waals surface area contributed by atoms with Crippen LogP contribution >= 0.6 is 0 Å². The van der Waals surface area contributed by atoms with Crippen molar-refractivity contribution in [3.8, 4) is 28.3 Å². The molecule has 0 saturated heterocycles. The molecule has 0 spiro atoms. The fraction of sp³-hybridized carbons (Fsp3) is 0.250. The van der Waals surface area contributed by atoms with Crippen LogP contribution in [0.15, 0.2) is 55.0 Å². The highest BCUT2D eigenvalue weighted by atomic mass is 16.5. The zero-order chi connectivity index (χ0) is 22.2. The smallest absolute Gasteiger partial charge is 0.229 e. The Labute approximate surface area is 181 Å². The van der Waals surface area contributed by atoms with Crippen molar-refractivity contribution in [1.29, 1.82) is 0 Å². The maximum absolute atomic E-state index is 12.6. The summed E-state index contributed by atoms with van der Waals surface area (Å²) in [5.74, 6) is 0.456. The highest BCUT2D eigenvalue weighted by Crippen LogP contribution is 2.37. The van der Waals surface area contributed by atoms with E-state index in [-0.39, 0.29) is 5.91 Å². The molecule has 4 rings (SSSR count). The van der Waals surface area contributed by atoms with E-state index >= 15 is 0 Å². The van der Waals surface area contributed by atoms with E-state index in [1.807, 2.05) is 70.4 Å². The van der Waals surface area contributed by atoms with Crippen molar-refractivity contribution in [2.45, 2.75) is 20.8 Å². The number of pyridine rings is 2. The summed E-state index contributed by atoms with van der Waals surface area (Å²) in [6.07, 6.45) is 5.47. The molecule has 3 heterocycles. The lowest BCUT2D eigenvalue weighted by Gasteiger charge is -2.20. The van der Waals surface area contributed by atoms with E-state index < -0.39 is 5.41 Å². The van der Waals surface area contributed by atoms with Gasteiger partial charge in [-0.2, -0.15) is 5.10 Å². The van der Waals surface area contributed by atoms with Gasteiger partial charge in [-0.15, -0.1) is 0 Å². The van der Waals surface area contributed by atoms with E-state index in [9.17, 15) is 4.79 Å². The van der Waals surface area contributed by atoms with Gasteiger partial charge in [0.05, 0.1) is 35.9 Å². The van der Waals surface area contributed by atoms with Gasteiger partial charge in [-0.1, -0.05) is 26.8 Å². The normalized spacial score (nSPS) is 11.5. The van der Waals surface area contributed by atoms with E-state index in [1.54, 1.807) is 24.2 Å². The van der Waals surface area contributed by atoms with Crippen LogP contribution < -0.4 is 10.1 Å². The standard InChI is InChI=1S/C24H25N5O2/c1-24(2,3)23(30)28-21-11-17-16(18-8-6-7-9-25-18)10-19(15-13-26-29(4)14-15)27-20(17)12-22(21)31-5/h6-14H,1-5H3,(H,28,30). The van der Waals surface area contributed by atoms with Crippen LogP contribution in [0, 0.1) is 5.41 Å². The van der Waals surface area contributed by atoms with Gasteiger partial charge in [-0.25, -0.2) is 4.98 Å². The molecular weight excluding hydrogens is 390 g/mol. The number of carbonyl (C=O) groups is 1. The Morgan fingerprint density at radius 3 is 2.55 bits per heavy atom. The van der Waals surface area contributed by atoms with Crippen molar-refractivity contribution in [2.75, 3.05) is 12.4 Å². The molecule has 31 heavy (non-hydrogen) atoms. The summed E-state index contributed by atoms with van der Waals surface area (Å²) in [4.78, 5) is 22.0. The Kier molecular flexibility index (Phi) is 5.19. The largest absolute Gasteiger partial charge is 0.494 e. The Hall–Kier alpha value is -3.74. The number of ether oxygens (including phenoxy) is 1. The first kappa shape index (κ1) is 20.5. The molecule has 7 nitrogen and oxygen atoms in total. The molecule has 0 atom stereocenters. The maximum atomic E-state index is 12.6. The third-order valence-corrected chi connectivity index (χ3v) is 5.00. The SMILES string of the molecule is COc1cc2nc(-c3cnn(C)c3)cc(-c3ccccn3)c2cc1NC(=O)C(C)(C)C. The van der Waals surface area contributed by atoms with Crippen molar-refractivity contribution in [3.05, 3.63) is 55.0 Å². The van der Waals surface area contributed by atoms with Gasteiger partial charge >= 0.3 is 0 Å². The van der Waals surface area contributed by atoms with Gasteiger partial charge in [-0.3, -0.25) is 14.5 Å². The van der Waals surface area contributed by atoms with Gasteiger partial charge in [0, 0.05) is 47.4 Å². The number of nitrogens with one attached hydrogen (secondary N) is 1. The molecule has 4 aromatic rings. The topological polar surface area (TPSA) is 81.9 Å². The second-order valence-corrected chi connectivity index (χ2v) is 8.45. The summed E-state index contributed by atoms with van der Waals surface area (Å²) in [5.41, 5.74) is 4.24. The maximum Gasteiger partial charge on any atom is 0.229 e. The van der Waals surface area contributed by atoms with Gasteiger partial charge in [0.2, 0.25) is 5.91 Å². The molecule has 158 valence electrons. The van der Waals surface area contributed by atoms with Crippen LogP contribution in [0.5, 0.6) is 5.75 Å². The molecular formula is C24H25N5O2. The Morgan fingerprint density at radius 1 is 1.13 bits per heavy atom. The number of carbonyl (C=O) groups excluding carboxylic acids is 1. The summed E-state index contributed by atoms with van der Waals surface area (Å²) in [5, 5.41) is 8.14. The Bertz CT molecular complexity index is 1260. The number of rotatable bonds is 4. The van der Waals surface area contributed by atoms with Crippen LogP contribution in [0.3, 0.4) is 0 Å². The Balaban J connectivity index is 1.96. The van der Waals surface area contributed by atoms with Crippen LogP contribution in [0.2, 0.25) is 0 Å². The lowest BCUT2D eigenvalue weighted by molar-refractivity contribution is -0.123. The minimum atomic E-state index is -0.536. The molecule has 1 aromatic carbocycles. The number of aryl methyl sites for hydroxylation is 1. The second-order valence-electron chi connectivity index (χ2n) is 8.45. The van der Waals surface area contributed by atoms with Crippen LogP contribution in [0.4, 0.5) is 5.69 Å². The number of benzene rings is 1. The van der Waals surface area contributed by atoms with E-state index in [0.29, 0.717) is 11.4 Å². The lowest BCUT2D eigenvalue weighted by Crippen LogP contribution is -2.27. The minimum Gasteiger partial charge on any atom is -0.494 e. The molecule has 0 radical (unpaired) electrons. The number of hydrogen-bond donors (Lipinski definition) is 1. The van der Waals surface area contributed by atoms with Crippen molar-refractivity contribution in [3.63, 3.8) is 0 Å². The summed E-state index contributed by atoms with van der Waals surface area (Å²) < 4.78 is 7.32. The van der Waals surface area contributed by atoms with Crippen LogP contribution in [0.1, 0.15) is 20.8 Å². The second kappa shape index (κ2) is 7.83. The fourth-order valence-corrected chi connectivity index (χ4v) is 3.27. The molecule has 0 aliphatic heterocycles. The van der Waals surface area contributed by atoms with E-state index in [0.717, 1.165) is 33.4 Å². The molecule has 0 fully saturated rings. The van der Waals surface area contributed by atoms with Gasteiger partial charge in [0.15, 0.2) is 0 Å². The minimum absolute atomic E-state index is 0.0931. The molecule has 0 unspecified atom stereocenters. The van der Waals surface area contributed by atoms with Gasteiger partial charge in [0.1, 0.15) is 5.75 Å². The Morgan fingerprint density at radius 2 is 1.94 bits per heavy atom. The van der Waals surface area contributed by atoms with E-state index in [1.165, 1.54) is 0 Å². The number of nitrogens with zero attached hydrogens (tertiary/aromatic N) is 4. The molecule has 1 amide bonds. The van der Waals surface area contributed by atoms with Crippen molar-refractivity contribution in [1.82, 2.24) is 19.7 Å². The fourth-order valence-electron chi connectivity index (χ4n) is 3.27. The monoisotopic (exact) mass is 415 g/mol. The number of methoxy groups -OCH3 is 1. The van der Waals surface area contributed by atoms with Gasteiger partial charge in [-0.05, 0) is 24.3 Å². The molecule has 1 N–H and O–H groups in total. The lowest BCUT2D eigenvalue weighted by atomic mass is 9.95. The quantitative estimate of drug-likeness (QED) is 0.523. The average Bonchev–Trinajstić information content (AvgIpc) is 3.18. The number of hydrogen-bond acceptors (Lipinski definition) is 5. The number of amides is 1. The third-order valence-electron chi connectivity index (χ3n) is 5.00. The molecule has 7 heteroatoms. The van der Waals surface area contributed by atoms with Crippen molar-refractivity contribution < 1.29 is 9.53 Å². The first-order valence-corrected chi connectivity index (χ1v) is 10.0. The van der Waals surface area contributed by atoms with E-state index in [2.05, 4.69) is 15.4 Å². The first-order chi connectivity index (χ1) is 14.8. The third kappa shape index (κ3) is 4.12. The summed E-state index contributed by atoms with van der Waals surface area (Å²) >= 11 is 0. The average molecular weight is 415 g/mol. The van der Waals surface area contributed by atoms with Crippen LogP contribution in [0.25, 0.3) is 33.4 Å². The van der Waals surface area contributed by atoms with Crippen LogP contribution in [-0.4, -0.2) is 32.8 Å². The van der Waals surface area contributed by atoms with Crippen molar-refractivity contribution in [2.24, 2.45) is 12.5 Å². The van der Waals surface area contributed by atoms with Gasteiger partial charge < -0.3 is 10.1 Å². The number of fused-ring (bicyclic) bond motifs is 1. The summed E-state index contributed by atoms with van der Waals surface area (Å²) in [7, 11) is 3.45. The predicted octanol–water partition coefficient (Wildman–Crippen LogP) is 4.69. The first-order valence-electron chi connectivity index (χ1n) is 10.0. The van der Waals surface area contributed by atoms with Crippen LogP contribution in [-0.2, 0) is 11.8 Å². The molecule has 0 aliphatic carbocycles. The highest BCUT2D eigenvalue weighted by molar-refractivity contribution is 6.03. The zero-order valence-corrected chi connectivity index (χ0v) is 18.3. The van der Waals surface area contributed by atoms with Crippen molar-refractivity contribution >= 4 is 22.5 Å². The molecule has 0 bridgehead atoms. The number of anilines is 1.